The van der Waals surface area contributed by atoms with Crippen LogP contribution in [0.1, 0.15) is 43.4 Å². The van der Waals surface area contributed by atoms with E-state index in [0.717, 1.165) is 12.8 Å². The van der Waals surface area contributed by atoms with Crippen molar-refractivity contribution in [2.45, 2.75) is 52.1 Å². The van der Waals surface area contributed by atoms with Crippen LogP contribution in [0.25, 0.3) is 0 Å². The molecule has 1 aliphatic rings. The highest BCUT2D eigenvalue weighted by Crippen LogP contribution is 2.23. The van der Waals surface area contributed by atoms with E-state index in [1.165, 1.54) is 36.0 Å². The molecule has 1 unspecified atom stereocenters. The molecule has 0 spiro atoms. The summed E-state index contributed by atoms with van der Waals surface area (Å²) in [5.74, 6) is 0.574. The van der Waals surface area contributed by atoms with Gasteiger partial charge in [0.05, 0.1) is 6.10 Å². The van der Waals surface area contributed by atoms with Gasteiger partial charge in [-0.3, -0.25) is 0 Å². The quantitative estimate of drug-likeness (QED) is 0.823. The van der Waals surface area contributed by atoms with Crippen LogP contribution in [-0.2, 0) is 19.3 Å². The number of benzene rings is 1. The van der Waals surface area contributed by atoms with E-state index in [4.69, 9.17) is 0 Å². The predicted molar refractivity (Wildman–Crippen MR) is 67.6 cm³/mol. The molecular formula is C15H22O. The summed E-state index contributed by atoms with van der Waals surface area (Å²) in [6, 6.07) is 6.74. The van der Waals surface area contributed by atoms with Crippen LogP contribution in [0.3, 0.4) is 0 Å². The monoisotopic (exact) mass is 218 g/mol. The topological polar surface area (TPSA) is 20.2 Å². The number of aliphatic hydroxyl groups excluding tert-OH is 1. The highest BCUT2D eigenvalue weighted by Gasteiger charge is 2.13. The molecule has 1 heteroatoms. The lowest BCUT2D eigenvalue weighted by Gasteiger charge is -2.13. The third-order valence-electron chi connectivity index (χ3n) is 3.38. The molecule has 1 aromatic rings. The second kappa shape index (κ2) is 5.01. The smallest absolute Gasteiger partial charge is 0.0583 e. The fourth-order valence-corrected chi connectivity index (χ4v) is 2.65. The fourth-order valence-electron chi connectivity index (χ4n) is 2.65. The molecule has 1 aliphatic carbocycles. The van der Waals surface area contributed by atoms with Crippen LogP contribution in [0.4, 0.5) is 0 Å². The average Bonchev–Trinajstić information content (AvgIpc) is 2.63. The number of hydrogen-bond donors (Lipinski definition) is 1. The number of fused-ring (bicyclic) bond motifs is 1. The number of hydrogen-bond acceptors (Lipinski definition) is 1. The third kappa shape index (κ3) is 2.85. The molecule has 0 fully saturated rings. The second-order valence-electron chi connectivity index (χ2n) is 5.44. The first-order valence-electron chi connectivity index (χ1n) is 6.44. The summed E-state index contributed by atoms with van der Waals surface area (Å²) in [5, 5.41) is 9.92. The first-order chi connectivity index (χ1) is 7.65. The molecule has 1 nitrogen and oxygen atoms in total. The van der Waals surface area contributed by atoms with Crippen LogP contribution < -0.4 is 0 Å². The van der Waals surface area contributed by atoms with Crippen LogP contribution in [0.5, 0.6) is 0 Å². The summed E-state index contributed by atoms with van der Waals surface area (Å²) in [6.45, 7) is 4.32. The second-order valence-corrected chi connectivity index (χ2v) is 5.44. The Bertz CT molecular complexity index is 354. The van der Waals surface area contributed by atoms with Gasteiger partial charge in [0.15, 0.2) is 0 Å². The Morgan fingerprint density at radius 3 is 2.69 bits per heavy atom. The Balaban J connectivity index is 1.99. The van der Waals surface area contributed by atoms with E-state index in [1.807, 2.05) is 0 Å². The van der Waals surface area contributed by atoms with Crippen LogP contribution in [0, 0.1) is 5.92 Å². The van der Waals surface area contributed by atoms with Gasteiger partial charge >= 0.3 is 0 Å². The molecule has 88 valence electrons. The molecule has 0 aromatic heterocycles. The normalized spacial score (nSPS) is 16.5. The van der Waals surface area contributed by atoms with Crippen molar-refractivity contribution in [1.29, 1.82) is 0 Å². The molecule has 1 aromatic carbocycles. The Labute approximate surface area is 98.5 Å². The molecule has 16 heavy (non-hydrogen) atoms. The van der Waals surface area contributed by atoms with Gasteiger partial charge in [-0.25, -0.2) is 0 Å². The van der Waals surface area contributed by atoms with E-state index < -0.39 is 0 Å². The number of aryl methyl sites for hydroxylation is 2. The molecule has 0 saturated heterocycles. The maximum atomic E-state index is 9.92. The molecule has 0 heterocycles. The standard InChI is InChI=1S/C15H22O/c1-11(2)8-15(16)10-12-6-7-13-4-3-5-14(13)9-12/h6-7,9,11,15-16H,3-5,8,10H2,1-2H3. The van der Waals surface area contributed by atoms with Gasteiger partial charge in [0.25, 0.3) is 0 Å². The number of rotatable bonds is 4. The molecule has 1 atom stereocenters. The molecule has 0 aliphatic heterocycles. The van der Waals surface area contributed by atoms with Gasteiger partial charge in [0, 0.05) is 0 Å². The SMILES string of the molecule is CC(C)CC(O)Cc1ccc2c(c1)CCC2. The molecule has 1 N–H and O–H groups in total. The van der Waals surface area contributed by atoms with Crippen LogP contribution in [0.2, 0.25) is 0 Å². The van der Waals surface area contributed by atoms with E-state index in [2.05, 4.69) is 32.0 Å². The van der Waals surface area contributed by atoms with Crippen molar-refractivity contribution >= 4 is 0 Å². The molecule has 0 bridgehead atoms. The van der Waals surface area contributed by atoms with Gasteiger partial charge < -0.3 is 5.11 Å². The van der Waals surface area contributed by atoms with Gasteiger partial charge in [-0.2, -0.15) is 0 Å². The molecule has 2 rings (SSSR count). The maximum Gasteiger partial charge on any atom is 0.0583 e. The van der Waals surface area contributed by atoms with Gasteiger partial charge in [0.2, 0.25) is 0 Å². The summed E-state index contributed by atoms with van der Waals surface area (Å²) in [7, 11) is 0. The Morgan fingerprint density at radius 1 is 1.19 bits per heavy atom. The zero-order valence-corrected chi connectivity index (χ0v) is 10.4. The summed E-state index contributed by atoms with van der Waals surface area (Å²) in [5.41, 5.74) is 4.32. The van der Waals surface area contributed by atoms with Gasteiger partial charge in [-0.15, -0.1) is 0 Å². The first kappa shape index (κ1) is 11.7. The van der Waals surface area contributed by atoms with Crippen molar-refractivity contribution in [3.63, 3.8) is 0 Å². The van der Waals surface area contributed by atoms with Crippen molar-refractivity contribution < 1.29 is 5.11 Å². The van der Waals surface area contributed by atoms with Crippen LogP contribution in [-0.4, -0.2) is 11.2 Å². The summed E-state index contributed by atoms with van der Waals surface area (Å²) in [6.07, 6.45) is 5.29. The average molecular weight is 218 g/mol. The van der Waals surface area contributed by atoms with Crippen molar-refractivity contribution in [1.82, 2.24) is 0 Å². The zero-order valence-electron chi connectivity index (χ0n) is 10.4. The van der Waals surface area contributed by atoms with E-state index in [-0.39, 0.29) is 6.10 Å². The zero-order chi connectivity index (χ0) is 11.5. The van der Waals surface area contributed by atoms with Crippen molar-refractivity contribution in [3.8, 4) is 0 Å². The Hall–Kier alpha value is -0.820. The Kier molecular flexibility index (Phi) is 3.65. The van der Waals surface area contributed by atoms with Crippen molar-refractivity contribution in [2.75, 3.05) is 0 Å². The minimum absolute atomic E-state index is 0.181. The summed E-state index contributed by atoms with van der Waals surface area (Å²) in [4.78, 5) is 0. The number of aliphatic hydroxyl groups is 1. The molecular weight excluding hydrogens is 196 g/mol. The van der Waals surface area contributed by atoms with Gasteiger partial charge in [-0.05, 0) is 54.7 Å². The fraction of sp³-hybridized carbons (Fsp3) is 0.600. The lowest BCUT2D eigenvalue weighted by Crippen LogP contribution is -2.13. The van der Waals surface area contributed by atoms with E-state index in [0.29, 0.717) is 5.92 Å². The lowest BCUT2D eigenvalue weighted by atomic mass is 9.97. The minimum Gasteiger partial charge on any atom is -0.393 e. The highest BCUT2D eigenvalue weighted by atomic mass is 16.3. The van der Waals surface area contributed by atoms with Crippen molar-refractivity contribution in [3.05, 3.63) is 34.9 Å². The van der Waals surface area contributed by atoms with Crippen molar-refractivity contribution in [2.24, 2.45) is 5.92 Å². The molecule has 0 amide bonds. The predicted octanol–water partition coefficient (Wildman–Crippen LogP) is 3.12. The van der Waals surface area contributed by atoms with E-state index in [9.17, 15) is 5.11 Å². The highest BCUT2D eigenvalue weighted by molar-refractivity contribution is 5.35. The Morgan fingerprint density at radius 2 is 1.94 bits per heavy atom. The third-order valence-corrected chi connectivity index (χ3v) is 3.38. The van der Waals surface area contributed by atoms with Crippen LogP contribution in [0.15, 0.2) is 18.2 Å². The van der Waals surface area contributed by atoms with Gasteiger partial charge in [0.1, 0.15) is 0 Å². The van der Waals surface area contributed by atoms with Crippen LogP contribution >= 0.6 is 0 Å². The van der Waals surface area contributed by atoms with E-state index >= 15 is 0 Å². The maximum absolute atomic E-state index is 9.92. The first-order valence-corrected chi connectivity index (χ1v) is 6.44. The molecule has 0 saturated carbocycles. The minimum atomic E-state index is -0.181. The summed E-state index contributed by atoms with van der Waals surface area (Å²) < 4.78 is 0. The van der Waals surface area contributed by atoms with Gasteiger partial charge in [-0.1, -0.05) is 32.0 Å². The molecule has 0 radical (unpaired) electrons. The lowest BCUT2D eigenvalue weighted by molar-refractivity contribution is 0.149. The van der Waals surface area contributed by atoms with E-state index in [1.54, 1.807) is 0 Å². The largest absolute Gasteiger partial charge is 0.393 e. The summed E-state index contributed by atoms with van der Waals surface area (Å²) >= 11 is 0.